The first-order chi connectivity index (χ1) is 9.58. The molecule has 0 spiro atoms. The van der Waals surface area contributed by atoms with Gasteiger partial charge in [-0.15, -0.1) is 0 Å². The SMILES string of the molecule is CC1CN(C(=O)COc2cccc(N)c2)CC(CO)O1. The minimum Gasteiger partial charge on any atom is -0.484 e. The van der Waals surface area contributed by atoms with E-state index in [2.05, 4.69) is 0 Å². The maximum Gasteiger partial charge on any atom is 0.260 e. The van der Waals surface area contributed by atoms with Crippen LogP contribution < -0.4 is 10.5 Å². The molecule has 110 valence electrons. The Labute approximate surface area is 118 Å². The third-order valence-corrected chi connectivity index (χ3v) is 3.10. The number of anilines is 1. The predicted octanol–water partition coefficient (Wildman–Crippen LogP) is 0.256. The van der Waals surface area contributed by atoms with Crippen LogP contribution in [0.4, 0.5) is 5.69 Å². The quantitative estimate of drug-likeness (QED) is 0.773. The number of ether oxygens (including phenoxy) is 2. The second kappa shape index (κ2) is 6.58. The van der Waals surface area contributed by atoms with Crippen molar-refractivity contribution < 1.29 is 19.4 Å². The van der Waals surface area contributed by atoms with E-state index in [1.54, 1.807) is 29.2 Å². The average Bonchev–Trinajstić information content (AvgIpc) is 2.44. The number of carbonyl (C=O) groups is 1. The van der Waals surface area contributed by atoms with Crippen molar-refractivity contribution in [2.45, 2.75) is 19.1 Å². The van der Waals surface area contributed by atoms with Crippen LogP contribution in [-0.2, 0) is 9.53 Å². The molecular formula is C14H20N2O4. The van der Waals surface area contributed by atoms with Gasteiger partial charge in [-0.1, -0.05) is 6.07 Å². The lowest BCUT2D eigenvalue weighted by Gasteiger charge is -2.36. The summed E-state index contributed by atoms with van der Waals surface area (Å²) in [4.78, 5) is 13.7. The van der Waals surface area contributed by atoms with Crippen LogP contribution >= 0.6 is 0 Å². The highest BCUT2D eigenvalue weighted by Gasteiger charge is 2.27. The number of hydrogen-bond acceptors (Lipinski definition) is 5. The highest BCUT2D eigenvalue weighted by molar-refractivity contribution is 5.78. The molecule has 1 aromatic rings. The van der Waals surface area contributed by atoms with Crippen LogP contribution in [0.25, 0.3) is 0 Å². The van der Waals surface area contributed by atoms with Crippen LogP contribution in [-0.4, -0.2) is 54.4 Å². The van der Waals surface area contributed by atoms with E-state index in [1.807, 2.05) is 6.92 Å². The minimum absolute atomic E-state index is 0.0473. The van der Waals surface area contributed by atoms with Gasteiger partial charge in [0.05, 0.1) is 18.8 Å². The fraction of sp³-hybridized carbons (Fsp3) is 0.500. The summed E-state index contributed by atoms with van der Waals surface area (Å²) in [5.74, 6) is 0.444. The molecule has 0 aromatic heterocycles. The van der Waals surface area contributed by atoms with Crippen LogP contribution in [0.2, 0.25) is 0 Å². The monoisotopic (exact) mass is 280 g/mol. The fourth-order valence-corrected chi connectivity index (χ4v) is 2.19. The molecule has 2 unspecified atom stereocenters. The second-order valence-corrected chi connectivity index (χ2v) is 4.91. The van der Waals surface area contributed by atoms with Crippen molar-refractivity contribution in [2.24, 2.45) is 0 Å². The normalized spacial score (nSPS) is 22.6. The zero-order valence-corrected chi connectivity index (χ0v) is 11.5. The van der Waals surface area contributed by atoms with E-state index >= 15 is 0 Å². The maximum atomic E-state index is 12.1. The number of carbonyl (C=O) groups excluding carboxylic acids is 1. The Morgan fingerprint density at radius 3 is 3.05 bits per heavy atom. The first-order valence-electron chi connectivity index (χ1n) is 6.61. The van der Waals surface area contributed by atoms with Crippen molar-refractivity contribution in [3.05, 3.63) is 24.3 Å². The van der Waals surface area contributed by atoms with Gasteiger partial charge in [-0.05, 0) is 19.1 Å². The van der Waals surface area contributed by atoms with E-state index in [4.69, 9.17) is 20.3 Å². The van der Waals surface area contributed by atoms with E-state index in [-0.39, 0.29) is 31.3 Å². The van der Waals surface area contributed by atoms with E-state index in [0.29, 0.717) is 24.5 Å². The molecule has 0 saturated carbocycles. The molecule has 6 nitrogen and oxygen atoms in total. The lowest BCUT2D eigenvalue weighted by Crippen LogP contribution is -2.51. The third-order valence-electron chi connectivity index (χ3n) is 3.10. The molecule has 0 radical (unpaired) electrons. The van der Waals surface area contributed by atoms with Gasteiger partial charge >= 0.3 is 0 Å². The van der Waals surface area contributed by atoms with E-state index in [0.717, 1.165) is 0 Å². The zero-order valence-electron chi connectivity index (χ0n) is 11.5. The summed E-state index contributed by atoms with van der Waals surface area (Å²) >= 11 is 0. The van der Waals surface area contributed by atoms with Gasteiger partial charge in [-0.25, -0.2) is 0 Å². The molecule has 1 aliphatic heterocycles. The van der Waals surface area contributed by atoms with Crippen molar-refractivity contribution in [2.75, 3.05) is 32.0 Å². The first kappa shape index (κ1) is 14.6. The Morgan fingerprint density at radius 2 is 2.35 bits per heavy atom. The van der Waals surface area contributed by atoms with Crippen molar-refractivity contribution in [1.82, 2.24) is 4.90 Å². The molecular weight excluding hydrogens is 260 g/mol. The summed E-state index contributed by atoms with van der Waals surface area (Å²) in [6.07, 6.45) is -0.410. The summed E-state index contributed by atoms with van der Waals surface area (Å²) in [5, 5.41) is 9.14. The molecule has 1 saturated heterocycles. The molecule has 3 N–H and O–H groups in total. The molecule has 6 heteroatoms. The molecule has 1 fully saturated rings. The lowest BCUT2D eigenvalue weighted by molar-refractivity contribution is -0.149. The van der Waals surface area contributed by atoms with E-state index < -0.39 is 0 Å². The number of nitrogens with zero attached hydrogens (tertiary/aromatic N) is 1. The van der Waals surface area contributed by atoms with Crippen molar-refractivity contribution in [1.29, 1.82) is 0 Å². The Hall–Kier alpha value is -1.79. The number of aliphatic hydroxyl groups excluding tert-OH is 1. The Kier molecular flexibility index (Phi) is 4.81. The number of aliphatic hydroxyl groups is 1. The van der Waals surface area contributed by atoms with Crippen LogP contribution in [0, 0.1) is 0 Å². The molecule has 2 rings (SSSR count). The van der Waals surface area contributed by atoms with E-state index in [1.165, 1.54) is 0 Å². The molecule has 20 heavy (non-hydrogen) atoms. The summed E-state index contributed by atoms with van der Waals surface area (Å²) in [6.45, 7) is 2.63. The Morgan fingerprint density at radius 1 is 1.55 bits per heavy atom. The second-order valence-electron chi connectivity index (χ2n) is 4.91. The molecule has 0 aliphatic carbocycles. The summed E-state index contributed by atoms with van der Waals surface area (Å²) in [5.41, 5.74) is 6.24. The van der Waals surface area contributed by atoms with Crippen LogP contribution in [0.3, 0.4) is 0 Å². The van der Waals surface area contributed by atoms with Crippen molar-refractivity contribution in [3.8, 4) is 5.75 Å². The van der Waals surface area contributed by atoms with Crippen LogP contribution in [0.5, 0.6) is 5.75 Å². The number of benzene rings is 1. The lowest BCUT2D eigenvalue weighted by atomic mass is 10.2. The molecule has 1 aromatic carbocycles. The zero-order chi connectivity index (χ0) is 14.5. The van der Waals surface area contributed by atoms with Gasteiger partial charge in [0.2, 0.25) is 0 Å². The highest BCUT2D eigenvalue weighted by Crippen LogP contribution is 2.15. The van der Waals surface area contributed by atoms with Gasteiger partial charge in [0.15, 0.2) is 6.61 Å². The van der Waals surface area contributed by atoms with Gasteiger partial charge in [-0.2, -0.15) is 0 Å². The first-order valence-corrected chi connectivity index (χ1v) is 6.61. The molecule has 1 amide bonds. The summed E-state index contributed by atoms with van der Waals surface area (Å²) in [7, 11) is 0. The van der Waals surface area contributed by atoms with Crippen molar-refractivity contribution >= 4 is 11.6 Å². The highest BCUT2D eigenvalue weighted by atomic mass is 16.5. The number of amides is 1. The topological polar surface area (TPSA) is 85.0 Å². The minimum atomic E-state index is -0.324. The molecule has 0 bridgehead atoms. The number of hydrogen-bond donors (Lipinski definition) is 2. The number of morpholine rings is 1. The Balaban J connectivity index is 1.88. The van der Waals surface area contributed by atoms with Gasteiger partial charge in [0.25, 0.3) is 5.91 Å². The molecule has 2 atom stereocenters. The number of rotatable bonds is 4. The predicted molar refractivity (Wildman–Crippen MR) is 74.4 cm³/mol. The Bertz CT molecular complexity index is 466. The van der Waals surface area contributed by atoms with Gasteiger partial charge < -0.3 is 25.2 Å². The summed E-state index contributed by atoms with van der Waals surface area (Å²) < 4.78 is 10.9. The smallest absolute Gasteiger partial charge is 0.260 e. The van der Waals surface area contributed by atoms with Gasteiger partial charge in [0.1, 0.15) is 5.75 Å². The molecule has 1 heterocycles. The summed E-state index contributed by atoms with van der Waals surface area (Å²) in [6, 6.07) is 6.95. The number of nitrogen functional groups attached to an aromatic ring is 1. The average molecular weight is 280 g/mol. The largest absolute Gasteiger partial charge is 0.484 e. The third kappa shape index (κ3) is 3.85. The van der Waals surface area contributed by atoms with Gasteiger partial charge in [0, 0.05) is 24.8 Å². The number of nitrogens with two attached hydrogens (primary N) is 1. The maximum absolute atomic E-state index is 12.1. The standard InChI is InChI=1S/C14H20N2O4/c1-10-6-16(7-13(8-17)20-10)14(18)9-19-12-4-2-3-11(15)5-12/h2-5,10,13,17H,6-9,15H2,1H3. The molecule has 1 aliphatic rings. The van der Waals surface area contributed by atoms with E-state index in [9.17, 15) is 4.79 Å². The fourth-order valence-electron chi connectivity index (χ4n) is 2.19. The van der Waals surface area contributed by atoms with Crippen LogP contribution in [0.1, 0.15) is 6.92 Å². The van der Waals surface area contributed by atoms with Crippen molar-refractivity contribution in [3.63, 3.8) is 0 Å². The van der Waals surface area contributed by atoms with Crippen LogP contribution in [0.15, 0.2) is 24.3 Å². The van der Waals surface area contributed by atoms with Gasteiger partial charge in [-0.3, -0.25) is 4.79 Å².